The average Bonchev–Trinajstić information content (AvgIpc) is 3.10. The molecule has 5 nitrogen and oxygen atoms in total. The largest absolute Gasteiger partial charge is 0.386 e. The van der Waals surface area contributed by atoms with Crippen molar-refractivity contribution in [2.24, 2.45) is 11.8 Å². The molecule has 112 valence electrons. The van der Waals surface area contributed by atoms with Crippen molar-refractivity contribution in [3.05, 3.63) is 0 Å². The van der Waals surface area contributed by atoms with E-state index in [1.165, 1.54) is 0 Å². The number of carbonyl (C=O) groups is 2. The molecule has 3 aliphatic rings. The highest BCUT2D eigenvalue weighted by Crippen LogP contribution is 2.35. The maximum Gasteiger partial charge on any atom is 0.245 e. The molecule has 0 aromatic carbocycles. The van der Waals surface area contributed by atoms with E-state index in [0.717, 1.165) is 25.7 Å². The zero-order valence-electron chi connectivity index (χ0n) is 12.3. The molecular formula is C15H24N2O3. The normalized spacial score (nSPS) is 28.7. The van der Waals surface area contributed by atoms with E-state index in [0.29, 0.717) is 19.6 Å². The Labute approximate surface area is 119 Å². The van der Waals surface area contributed by atoms with Crippen LogP contribution in [0, 0.1) is 11.8 Å². The molecule has 3 fully saturated rings. The van der Waals surface area contributed by atoms with Crippen molar-refractivity contribution in [2.75, 3.05) is 19.6 Å². The number of likely N-dealkylation sites (tertiary alicyclic amines) is 2. The minimum absolute atomic E-state index is 0.0295. The molecule has 1 saturated carbocycles. The molecule has 1 atom stereocenters. The van der Waals surface area contributed by atoms with E-state index in [2.05, 4.69) is 0 Å². The fraction of sp³-hybridized carbons (Fsp3) is 0.867. The first kappa shape index (κ1) is 13.9. The van der Waals surface area contributed by atoms with Gasteiger partial charge in [-0.1, -0.05) is 13.8 Å². The van der Waals surface area contributed by atoms with Gasteiger partial charge in [-0.15, -0.1) is 0 Å². The van der Waals surface area contributed by atoms with Crippen molar-refractivity contribution in [2.45, 2.75) is 51.2 Å². The summed E-state index contributed by atoms with van der Waals surface area (Å²) >= 11 is 0. The van der Waals surface area contributed by atoms with Crippen molar-refractivity contribution >= 4 is 11.8 Å². The summed E-state index contributed by atoms with van der Waals surface area (Å²) in [7, 11) is 0. The van der Waals surface area contributed by atoms with Crippen LogP contribution in [0.2, 0.25) is 0 Å². The molecule has 3 rings (SSSR count). The Morgan fingerprint density at radius 1 is 1.15 bits per heavy atom. The lowest BCUT2D eigenvalue weighted by Gasteiger charge is -2.50. The van der Waals surface area contributed by atoms with Crippen molar-refractivity contribution < 1.29 is 14.7 Å². The highest BCUT2D eigenvalue weighted by Gasteiger charge is 2.49. The fourth-order valence-electron chi connectivity index (χ4n) is 3.20. The molecule has 5 heteroatoms. The molecule has 1 N–H and O–H groups in total. The third-order valence-electron chi connectivity index (χ3n) is 5.06. The molecule has 0 spiro atoms. The van der Waals surface area contributed by atoms with Gasteiger partial charge in [0, 0.05) is 12.5 Å². The Bertz CT molecular complexity index is 425. The maximum absolute atomic E-state index is 12.5. The number of hydrogen-bond acceptors (Lipinski definition) is 3. The molecule has 20 heavy (non-hydrogen) atoms. The van der Waals surface area contributed by atoms with E-state index < -0.39 is 5.60 Å². The second kappa shape index (κ2) is 4.72. The van der Waals surface area contributed by atoms with Crippen LogP contribution in [-0.2, 0) is 9.59 Å². The van der Waals surface area contributed by atoms with E-state index in [9.17, 15) is 14.7 Å². The van der Waals surface area contributed by atoms with Crippen molar-refractivity contribution in [3.63, 3.8) is 0 Å². The zero-order chi connectivity index (χ0) is 14.5. The molecule has 0 radical (unpaired) electrons. The molecule has 1 unspecified atom stereocenters. The molecular weight excluding hydrogens is 256 g/mol. The summed E-state index contributed by atoms with van der Waals surface area (Å²) in [6.45, 7) is 5.48. The predicted molar refractivity (Wildman–Crippen MR) is 73.8 cm³/mol. The number of β-amino-alcohol motifs (C(OH)–C–C–N with tert-alkyl or cyclic N) is 1. The summed E-state index contributed by atoms with van der Waals surface area (Å²) in [6.07, 6.45) is 3.64. The molecule has 2 heterocycles. The van der Waals surface area contributed by atoms with Gasteiger partial charge in [-0.3, -0.25) is 9.59 Å². The Kier molecular flexibility index (Phi) is 3.27. The third kappa shape index (κ3) is 2.22. The highest BCUT2D eigenvalue weighted by molar-refractivity contribution is 5.90. The Hall–Kier alpha value is -1.10. The third-order valence-corrected chi connectivity index (χ3v) is 5.06. The topological polar surface area (TPSA) is 60.9 Å². The van der Waals surface area contributed by atoms with Gasteiger partial charge < -0.3 is 14.9 Å². The molecule has 2 aliphatic heterocycles. The van der Waals surface area contributed by atoms with Crippen LogP contribution >= 0.6 is 0 Å². The minimum Gasteiger partial charge on any atom is -0.386 e. The lowest BCUT2D eigenvalue weighted by molar-refractivity contribution is -0.169. The lowest BCUT2D eigenvalue weighted by Crippen LogP contribution is -2.68. The second-order valence-electron chi connectivity index (χ2n) is 6.92. The van der Waals surface area contributed by atoms with Gasteiger partial charge in [0.2, 0.25) is 11.8 Å². The van der Waals surface area contributed by atoms with Gasteiger partial charge in [0.15, 0.2) is 0 Å². The smallest absolute Gasteiger partial charge is 0.245 e. The van der Waals surface area contributed by atoms with Crippen molar-refractivity contribution in [1.29, 1.82) is 0 Å². The molecule has 2 saturated heterocycles. The van der Waals surface area contributed by atoms with E-state index in [-0.39, 0.29) is 29.7 Å². The highest BCUT2D eigenvalue weighted by atomic mass is 16.3. The summed E-state index contributed by atoms with van der Waals surface area (Å²) < 4.78 is 0. The summed E-state index contributed by atoms with van der Waals surface area (Å²) in [5.74, 6) is 0.522. The van der Waals surface area contributed by atoms with Crippen LogP contribution in [0.3, 0.4) is 0 Å². The Morgan fingerprint density at radius 2 is 1.80 bits per heavy atom. The van der Waals surface area contributed by atoms with Gasteiger partial charge in [0.25, 0.3) is 0 Å². The van der Waals surface area contributed by atoms with E-state index in [1.54, 1.807) is 9.80 Å². The summed E-state index contributed by atoms with van der Waals surface area (Å²) in [4.78, 5) is 28.2. The van der Waals surface area contributed by atoms with Crippen LogP contribution in [-0.4, -0.2) is 58.0 Å². The van der Waals surface area contributed by atoms with E-state index in [1.807, 2.05) is 13.8 Å². The van der Waals surface area contributed by atoms with Crippen molar-refractivity contribution in [3.8, 4) is 0 Å². The van der Waals surface area contributed by atoms with Crippen LogP contribution < -0.4 is 0 Å². The minimum atomic E-state index is -0.737. The van der Waals surface area contributed by atoms with Gasteiger partial charge in [0.1, 0.15) is 11.6 Å². The summed E-state index contributed by atoms with van der Waals surface area (Å²) in [6, 6.07) is -0.278. The number of aliphatic hydroxyl groups is 1. The van der Waals surface area contributed by atoms with Gasteiger partial charge in [0.05, 0.1) is 13.1 Å². The first-order valence-corrected chi connectivity index (χ1v) is 7.74. The quantitative estimate of drug-likeness (QED) is 0.824. The van der Waals surface area contributed by atoms with E-state index in [4.69, 9.17) is 0 Å². The number of nitrogens with zero attached hydrogens (tertiary/aromatic N) is 2. The lowest BCUT2D eigenvalue weighted by atomic mass is 9.82. The molecule has 0 aromatic rings. The monoisotopic (exact) mass is 280 g/mol. The van der Waals surface area contributed by atoms with Crippen LogP contribution in [0.15, 0.2) is 0 Å². The summed E-state index contributed by atoms with van der Waals surface area (Å²) in [5, 5.41) is 10.2. The van der Waals surface area contributed by atoms with E-state index >= 15 is 0 Å². The van der Waals surface area contributed by atoms with Crippen molar-refractivity contribution in [1.82, 2.24) is 9.80 Å². The number of rotatable bonds is 3. The van der Waals surface area contributed by atoms with Crippen LogP contribution in [0.25, 0.3) is 0 Å². The molecule has 2 amide bonds. The predicted octanol–water partition coefficient (Wildman–Crippen LogP) is 0.617. The maximum atomic E-state index is 12.5. The number of amides is 2. The first-order chi connectivity index (χ1) is 9.42. The van der Waals surface area contributed by atoms with Gasteiger partial charge in [-0.2, -0.15) is 0 Å². The van der Waals surface area contributed by atoms with Crippen LogP contribution in [0.4, 0.5) is 0 Å². The summed E-state index contributed by atoms with van der Waals surface area (Å²) in [5.41, 5.74) is -0.737. The average molecular weight is 280 g/mol. The Balaban J connectivity index is 1.61. The Morgan fingerprint density at radius 3 is 2.35 bits per heavy atom. The molecule has 0 bridgehead atoms. The van der Waals surface area contributed by atoms with Gasteiger partial charge >= 0.3 is 0 Å². The van der Waals surface area contributed by atoms with Gasteiger partial charge in [-0.05, 0) is 31.6 Å². The molecule has 0 aromatic heterocycles. The second-order valence-corrected chi connectivity index (χ2v) is 6.92. The van der Waals surface area contributed by atoms with Gasteiger partial charge in [-0.25, -0.2) is 0 Å². The number of carbonyl (C=O) groups excluding carboxylic acids is 2. The SMILES string of the molecule is CC(C)C1(O)CN(C(=O)C2CCCN2C(=O)C2CC2)C1. The standard InChI is InChI=1S/C15H24N2O3/c1-10(2)15(20)8-16(9-15)14(19)12-4-3-7-17(12)13(18)11-5-6-11/h10-12,20H,3-9H2,1-2H3. The van der Waals surface area contributed by atoms with Crippen LogP contribution in [0.5, 0.6) is 0 Å². The fourth-order valence-corrected chi connectivity index (χ4v) is 3.20. The zero-order valence-corrected chi connectivity index (χ0v) is 12.3. The van der Waals surface area contributed by atoms with Crippen LogP contribution in [0.1, 0.15) is 39.5 Å². The first-order valence-electron chi connectivity index (χ1n) is 7.74. The molecule has 1 aliphatic carbocycles. The number of hydrogen-bond donors (Lipinski definition) is 1.